The van der Waals surface area contributed by atoms with Crippen LogP contribution in [0.2, 0.25) is 0 Å². The molecule has 0 bridgehead atoms. The topological polar surface area (TPSA) is 60.8 Å². The third kappa shape index (κ3) is 6.42. The molecular formula is C31H28F4N2O4. The van der Waals surface area contributed by atoms with Crippen LogP contribution in [-0.2, 0) is 9.53 Å². The van der Waals surface area contributed by atoms with E-state index in [-0.39, 0.29) is 22.8 Å². The van der Waals surface area contributed by atoms with Crippen LogP contribution in [0.1, 0.15) is 28.9 Å². The van der Waals surface area contributed by atoms with Gasteiger partial charge in [-0.3, -0.25) is 4.79 Å². The van der Waals surface area contributed by atoms with Gasteiger partial charge < -0.3 is 18.9 Å². The SMILES string of the molecule is C=C/C(F)=C\C(F)=C(/CF)COc1ccc(F)cc1-c1ccc(C)n1-c1cc(C(=O)OC)cc(N2CCCC2=O)c1. The van der Waals surface area contributed by atoms with Crippen molar-refractivity contribution in [3.8, 4) is 22.7 Å². The smallest absolute Gasteiger partial charge is 0.337 e. The highest BCUT2D eigenvalue weighted by atomic mass is 19.1. The van der Waals surface area contributed by atoms with Crippen molar-refractivity contribution in [2.24, 2.45) is 0 Å². The first-order chi connectivity index (χ1) is 19.7. The normalized spacial score (nSPS) is 14.2. The summed E-state index contributed by atoms with van der Waals surface area (Å²) >= 11 is 0. The Kier molecular flexibility index (Phi) is 9.11. The van der Waals surface area contributed by atoms with E-state index < -0.39 is 42.3 Å². The number of hydrogen-bond acceptors (Lipinski definition) is 4. The highest BCUT2D eigenvalue weighted by Crippen LogP contribution is 2.36. The third-order valence-corrected chi connectivity index (χ3v) is 6.62. The minimum atomic E-state index is -1.24. The fraction of sp³-hybridized carbons (Fsp3) is 0.226. The Bertz CT molecular complexity index is 1560. The van der Waals surface area contributed by atoms with Crippen molar-refractivity contribution < 1.29 is 36.6 Å². The van der Waals surface area contributed by atoms with Gasteiger partial charge in [0.2, 0.25) is 5.91 Å². The molecule has 0 unspecified atom stereocenters. The molecule has 3 aromatic rings. The molecule has 214 valence electrons. The molecule has 0 aliphatic carbocycles. The number of methoxy groups -OCH3 is 1. The second kappa shape index (κ2) is 12.7. The Labute approximate surface area is 234 Å². The molecule has 1 aliphatic rings. The standard InChI is InChI=1S/C31H28F4N2O4/c1-4-22(33)15-27(35)21(17-32)18-41-29-10-8-23(34)14-26(29)28-9-7-19(2)37(28)25-13-20(31(39)40-3)12-24(16-25)36-11-5-6-30(36)38/h4,7-10,12-16H,1,5-6,11,17-18H2,2-3H3/b22-15+,27-21-. The summed E-state index contributed by atoms with van der Waals surface area (Å²) in [5, 5.41) is 0. The molecular weight excluding hydrogens is 540 g/mol. The Balaban J connectivity index is 1.81. The van der Waals surface area contributed by atoms with Gasteiger partial charge in [0.25, 0.3) is 0 Å². The van der Waals surface area contributed by atoms with E-state index in [0.29, 0.717) is 48.2 Å². The Morgan fingerprint density at radius 3 is 2.51 bits per heavy atom. The maximum Gasteiger partial charge on any atom is 0.337 e. The van der Waals surface area contributed by atoms with Crippen molar-refractivity contribution in [1.82, 2.24) is 4.57 Å². The molecule has 0 atom stereocenters. The highest BCUT2D eigenvalue weighted by molar-refractivity contribution is 5.98. The number of amides is 1. The van der Waals surface area contributed by atoms with Gasteiger partial charge in [-0.15, -0.1) is 0 Å². The van der Waals surface area contributed by atoms with Crippen molar-refractivity contribution in [3.05, 3.63) is 102 Å². The molecule has 1 amide bonds. The van der Waals surface area contributed by atoms with E-state index in [9.17, 15) is 27.2 Å². The molecule has 2 aromatic carbocycles. The van der Waals surface area contributed by atoms with E-state index in [1.54, 1.807) is 46.7 Å². The fourth-order valence-electron chi connectivity index (χ4n) is 4.57. The quantitative estimate of drug-likeness (QED) is 0.149. The number of benzene rings is 2. The van der Waals surface area contributed by atoms with Crippen LogP contribution in [0, 0.1) is 12.7 Å². The number of rotatable bonds is 10. The van der Waals surface area contributed by atoms with Crippen LogP contribution >= 0.6 is 0 Å². The first-order valence-electron chi connectivity index (χ1n) is 12.7. The lowest BCUT2D eigenvalue weighted by Crippen LogP contribution is -2.24. The number of carbonyl (C=O) groups is 2. The molecule has 0 spiro atoms. The Morgan fingerprint density at radius 2 is 1.85 bits per heavy atom. The number of halogens is 4. The number of hydrogen-bond donors (Lipinski definition) is 0. The van der Waals surface area contributed by atoms with Crippen LogP contribution in [0.4, 0.5) is 23.2 Å². The molecule has 1 saturated heterocycles. The molecule has 0 N–H and O–H groups in total. The molecule has 4 rings (SSSR count). The second-order valence-corrected chi connectivity index (χ2v) is 9.32. The number of aryl methyl sites for hydroxylation is 1. The third-order valence-electron chi connectivity index (χ3n) is 6.62. The number of ether oxygens (including phenoxy) is 2. The molecule has 10 heteroatoms. The van der Waals surface area contributed by atoms with Gasteiger partial charge in [0.15, 0.2) is 0 Å². The summed E-state index contributed by atoms with van der Waals surface area (Å²) in [6.07, 6.45) is 2.36. The molecule has 41 heavy (non-hydrogen) atoms. The van der Waals surface area contributed by atoms with Crippen LogP contribution in [0.5, 0.6) is 5.75 Å². The number of allylic oxidation sites excluding steroid dienone is 4. The van der Waals surface area contributed by atoms with Crippen LogP contribution in [0.15, 0.2) is 84.5 Å². The lowest BCUT2D eigenvalue weighted by molar-refractivity contribution is -0.117. The van der Waals surface area contributed by atoms with Crippen LogP contribution in [-0.4, -0.2) is 43.4 Å². The first kappa shape index (κ1) is 29.4. The molecule has 0 saturated carbocycles. The summed E-state index contributed by atoms with van der Waals surface area (Å²) in [6.45, 7) is 3.68. The Hall–Kier alpha value is -4.60. The number of anilines is 1. The van der Waals surface area contributed by atoms with Gasteiger partial charge in [0.05, 0.1) is 18.4 Å². The number of carbonyl (C=O) groups excluding carboxylic acids is 2. The zero-order valence-electron chi connectivity index (χ0n) is 22.6. The summed E-state index contributed by atoms with van der Waals surface area (Å²) in [6, 6.07) is 12.1. The maximum absolute atomic E-state index is 14.5. The van der Waals surface area contributed by atoms with E-state index in [2.05, 4.69) is 6.58 Å². The van der Waals surface area contributed by atoms with Crippen LogP contribution in [0.25, 0.3) is 16.9 Å². The van der Waals surface area contributed by atoms with Gasteiger partial charge in [0, 0.05) is 47.2 Å². The van der Waals surface area contributed by atoms with Gasteiger partial charge in [-0.2, -0.15) is 0 Å². The zero-order chi connectivity index (χ0) is 29.7. The van der Waals surface area contributed by atoms with Crippen molar-refractivity contribution in [2.45, 2.75) is 19.8 Å². The predicted octanol–water partition coefficient (Wildman–Crippen LogP) is 7.12. The predicted molar refractivity (Wildman–Crippen MR) is 148 cm³/mol. The average Bonchev–Trinajstić information content (AvgIpc) is 3.58. The molecule has 1 fully saturated rings. The number of aromatic nitrogens is 1. The summed E-state index contributed by atoms with van der Waals surface area (Å²) in [4.78, 5) is 26.6. The zero-order valence-corrected chi connectivity index (χ0v) is 22.6. The van der Waals surface area contributed by atoms with E-state index in [1.165, 1.54) is 19.2 Å². The number of alkyl halides is 1. The van der Waals surface area contributed by atoms with E-state index in [0.717, 1.165) is 12.1 Å². The monoisotopic (exact) mass is 568 g/mol. The molecule has 1 aliphatic heterocycles. The van der Waals surface area contributed by atoms with E-state index >= 15 is 0 Å². The maximum atomic E-state index is 14.5. The molecule has 0 radical (unpaired) electrons. The molecule has 6 nitrogen and oxygen atoms in total. The molecule has 2 heterocycles. The number of nitrogens with zero attached hydrogens (tertiary/aromatic N) is 2. The van der Waals surface area contributed by atoms with E-state index in [4.69, 9.17) is 9.47 Å². The summed E-state index contributed by atoms with van der Waals surface area (Å²) in [7, 11) is 1.25. The summed E-state index contributed by atoms with van der Waals surface area (Å²) < 4.78 is 68.3. The van der Waals surface area contributed by atoms with Crippen LogP contribution < -0.4 is 9.64 Å². The largest absolute Gasteiger partial charge is 0.488 e. The second-order valence-electron chi connectivity index (χ2n) is 9.32. The van der Waals surface area contributed by atoms with Crippen molar-refractivity contribution in [1.29, 1.82) is 0 Å². The first-order valence-corrected chi connectivity index (χ1v) is 12.7. The Morgan fingerprint density at radius 1 is 1.10 bits per heavy atom. The lowest BCUT2D eigenvalue weighted by Gasteiger charge is -2.21. The van der Waals surface area contributed by atoms with Gasteiger partial charge >= 0.3 is 5.97 Å². The fourth-order valence-corrected chi connectivity index (χ4v) is 4.57. The average molecular weight is 569 g/mol. The van der Waals surface area contributed by atoms with E-state index in [1.807, 2.05) is 0 Å². The molecule has 1 aromatic heterocycles. The van der Waals surface area contributed by atoms with Crippen LogP contribution in [0.3, 0.4) is 0 Å². The van der Waals surface area contributed by atoms with Crippen molar-refractivity contribution in [2.75, 3.05) is 31.8 Å². The minimum absolute atomic E-state index is 0.0741. The highest BCUT2D eigenvalue weighted by Gasteiger charge is 2.25. The lowest BCUT2D eigenvalue weighted by atomic mass is 10.1. The van der Waals surface area contributed by atoms with Crippen molar-refractivity contribution >= 4 is 17.6 Å². The number of esters is 1. The van der Waals surface area contributed by atoms with Gasteiger partial charge in [-0.05, 0) is 68.0 Å². The summed E-state index contributed by atoms with van der Waals surface area (Å²) in [5.41, 5.74) is 2.17. The van der Waals surface area contributed by atoms with Gasteiger partial charge in [-0.25, -0.2) is 22.4 Å². The minimum Gasteiger partial charge on any atom is -0.488 e. The van der Waals surface area contributed by atoms with Gasteiger partial charge in [0.1, 0.15) is 36.5 Å². The summed E-state index contributed by atoms with van der Waals surface area (Å²) in [5.74, 6) is -3.28. The van der Waals surface area contributed by atoms with Gasteiger partial charge in [-0.1, -0.05) is 6.58 Å². The van der Waals surface area contributed by atoms with Crippen molar-refractivity contribution in [3.63, 3.8) is 0 Å².